The molecule has 1 nitrogen and oxygen atoms in total. The van der Waals surface area contributed by atoms with E-state index in [1.807, 2.05) is 0 Å². The summed E-state index contributed by atoms with van der Waals surface area (Å²) in [5.41, 5.74) is 1.37. The molecule has 0 unspecified atom stereocenters. The third-order valence-corrected chi connectivity index (χ3v) is 2.13. The van der Waals surface area contributed by atoms with E-state index in [0.29, 0.717) is 0 Å². The van der Waals surface area contributed by atoms with Gasteiger partial charge in [0, 0.05) is 10.1 Å². The maximum absolute atomic E-state index is 2.32. The Hall–Kier alpha value is -0.0900. The van der Waals surface area contributed by atoms with E-state index in [2.05, 4.69) is 65.9 Å². The van der Waals surface area contributed by atoms with Crippen molar-refractivity contribution in [3.63, 3.8) is 0 Å². The molecular formula is C9H12IN. The van der Waals surface area contributed by atoms with Crippen LogP contribution in [0, 0.1) is 3.57 Å². The zero-order valence-electron chi connectivity index (χ0n) is 6.84. The molecule has 11 heavy (non-hydrogen) atoms. The lowest BCUT2D eigenvalue weighted by Crippen LogP contribution is -2.10. The molecular weight excluding hydrogens is 249 g/mol. The van der Waals surface area contributed by atoms with Gasteiger partial charge in [-0.1, -0.05) is 12.1 Å². The van der Waals surface area contributed by atoms with Crippen LogP contribution in [-0.4, -0.2) is 19.0 Å². The number of halogens is 1. The molecule has 0 amide bonds. The van der Waals surface area contributed by atoms with Gasteiger partial charge in [-0.25, -0.2) is 0 Å². The first-order valence-corrected chi connectivity index (χ1v) is 4.65. The zero-order chi connectivity index (χ0) is 8.27. The van der Waals surface area contributed by atoms with Crippen molar-refractivity contribution < 1.29 is 0 Å². The molecule has 0 bridgehead atoms. The first-order valence-electron chi connectivity index (χ1n) is 3.57. The minimum atomic E-state index is 1.02. The molecule has 0 atom stereocenters. The van der Waals surface area contributed by atoms with Gasteiger partial charge in [-0.15, -0.1) is 0 Å². The molecule has 0 N–H and O–H groups in total. The maximum Gasteiger partial charge on any atom is 0.0227 e. The highest BCUT2D eigenvalue weighted by Gasteiger charge is 1.93. The fourth-order valence-corrected chi connectivity index (χ4v) is 1.31. The molecule has 0 radical (unpaired) electrons. The van der Waals surface area contributed by atoms with Crippen LogP contribution < -0.4 is 0 Å². The predicted octanol–water partition coefficient (Wildman–Crippen LogP) is 2.35. The van der Waals surface area contributed by atoms with E-state index < -0.39 is 0 Å². The van der Waals surface area contributed by atoms with Crippen molar-refractivity contribution in [2.45, 2.75) is 6.54 Å². The second kappa shape index (κ2) is 4.07. The second-order valence-electron chi connectivity index (χ2n) is 2.86. The van der Waals surface area contributed by atoms with E-state index in [9.17, 15) is 0 Å². The topological polar surface area (TPSA) is 3.24 Å². The Morgan fingerprint density at radius 1 is 1.18 bits per heavy atom. The molecule has 1 aromatic rings. The summed E-state index contributed by atoms with van der Waals surface area (Å²) in [4.78, 5) is 2.17. The predicted molar refractivity (Wildman–Crippen MR) is 56.6 cm³/mol. The Balaban J connectivity index is 2.66. The molecule has 1 rings (SSSR count). The first kappa shape index (κ1) is 9.00. The van der Waals surface area contributed by atoms with E-state index in [1.54, 1.807) is 0 Å². The summed E-state index contributed by atoms with van der Waals surface area (Å²) in [6, 6.07) is 8.61. The van der Waals surface area contributed by atoms with Gasteiger partial charge in [0.1, 0.15) is 0 Å². The monoisotopic (exact) mass is 261 g/mol. The van der Waals surface area contributed by atoms with E-state index in [-0.39, 0.29) is 0 Å². The highest BCUT2D eigenvalue weighted by atomic mass is 127. The molecule has 0 heterocycles. The van der Waals surface area contributed by atoms with Crippen molar-refractivity contribution in [1.82, 2.24) is 4.90 Å². The number of nitrogens with zero attached hydrogens (tertiary/aromatic N) is 1. The number of rotatable bonds is 2. The summed E-state index contributed by atoms with van der Waals surface area (Å²) in [7, 11) is 4.16. The van der Waals surface area contributed by atoms with Crippen LogP contribution in [0.15, 0.2) is 24.3 Å². The highest BCUT2D eigenvalue weighted by Crippen LogP contribution is 2.07. The third-order valence-electron chi connectivity index (χ3n) is 1.41. The zero-order valence-corrected chi connectivity index (χ0v) is 9.00. The summed E-state index contributed by atoms with van der Waals surface area (Å²) in [6.07, 6.45) is 0. The van der Waals surface area contributed by atoms with Gasteiger partial charge >= 0.3 is 0 Å². The Kier molecular flexibility index (Phi) is 3.33. The van der Waals surface area contributed by atoms with Crippen molar-refractivity contribution in [1.29, 1.82) is 0 Å². The van der Waals surface area contributed by atoms with Crippen molar-refractivity contribution >= 4 is 22.6 Å². The van der Waals surface area contributed by atoms with Crippen molar-refractivity contribution in [2.75, 3.05) is 14.1 Å². The highest BCUT2D eigenvalue weighted by molar-refractivity contribution is 14.1. The van der Waals surface area contributed by atoms with E-state index in [0.717, 1.165) is 6.54 Å². The standard InChI is InChI=1S/C9H12IN/c1-11(2)7-8-3-5-9(10)6-4-8/h3-6H,7H2,1-2H3. The quantitative estimate of drug-likeness (QED) is 0.739. The second-order valence-corrected chi connectivity index (χ2v) is 4.11. The average molecular weight is 261 g/mol. The molecule has 1 aromatic carbocycles. The van der Waals surface area contributed by atoms with Crippen LogP contribution in [0.3, 0.4) is 0 Å². The molecule has 0 aromatic heterocycles. The minimum absolute atomic E-state index is 1.02. The Labute approximate surface area is 81.5 Å². The van der Waals surface area contributed by atoms with Crippen molar-refractivity contribution in [3.8, 4) is 0 Å². The lowest BCUT2D eigenvalue weighted by Gasteiger charge is -2.08. The van der Waals surface area contributed by atoms with Crippen LogP contribution in [0.2, 0.25) is 0 Å². The summed E-state index contributed by atoms with van der Waals surface area (Å²) in [6.45, 7) is 1.02. The Bertz CT molecular complexity index is 216. The molecule has 0 saturated carbocycles. The molecule has 60 valence electrons. The SMILES string of the molecule is CN(C)Cc1ccc(I)cc1. The van der Waals surface area contributed by atoms with E-state index in [4.69, 9.17) is 0 Å². The molecule has 2 heteroatoms. The lowest BCUT2D eigenvalue weighted by molar-refractivity contribution is 0.402. The van der Waals surface area contributed by atoms with Gasteiger partial charge in [0.2, 0.25) is 0 Å². The Morgan fingerprint density at radius 2 is 1.73 bits per heavy atom. The Morgan fingerprint density at radius 3 is 2.18 bits per heavy atom. The molecule has 0 aliphatic rings. The van der Waals surface area contributed by atoms with Crippen LogP contribution in [0.4, 0.5) is 0 Å². The summed E-state index contributed by atoms with van der Waals surface area (Å²) in [5, 5.41) is 0. The third kappa shape index (κ3) is 3.20. The fraction of sp³-hybridized carbons (Fsp3) is 0.333. The van der Waals surface area contributed by atoms with Crippen LogP contribution in [0.25, 0.3) is 0 Å². The van der Waals surface area contributed by atoms with Gasteiger partial charge in [0.25, 0.3) is 0 Å². The molecule has 0 aliphatic carbocycles. The van der Waals surface area contributed by atoms with Gasteiger partial charge < -0.3 is 4.90 Å². The van der Waals surface area contributed by atoms with Crippen LogP contribution >= 0.6 is 22.6 Å². The van der Waals surface area contributed by atoms with Gasteiger partial charge in [-0.2, -0.15) is 0 Å². The molecule has 0 aliphatic heterocycles. The summed E-state index contributed by atoms with van der Waals surface area (Å²) >= 11 is 2.32. The molecule has 0 saturated heterocycles. The van der Waals surface area contributed by atoms with Gasteiger partial charge in [0.05, 0.1) is 0 Å². The summed E-state index contributed by atoms with van der Waals surface area (Å²) in [5.74, 6) is 0. The number of hydrogen-bond donors (Lipinski definition) is 0. The largest absolute Gasteiger partial charge is 0.305 e. The van der Waals surface area contributed by atoms with Crippen molar-refractivity contribution in [3.05, 3.63) is 33.4 Å². The van der Waals surface area contributed by atoms with Crippen LogP contribution in [0.1, 0.15) is 5.56 Å². The van der Waals surface area contributed by atoms with Crippen LogP contribution in [0.5, 0.6) is 0 Å². The minimum Gasteiger partial charge on any atom is -0.305 e. The van der Waals surface area contributed by atoms with E-state index in [1.165, 1.54) is 9.13 Å². The average Bonchev–Trinajstić information content (AvgIpc) is 1.93. The van der Waals surface area contributed by atoms with E-state index >= 15 is 0 Å². The lowest BCUT2D eigenvalue weighted by atomic mass is 10.2. The molecule has 0 spiro atoms. The summed E-state index contributed by atoms with van der Waals surface area (Å²) < 4.78 is 1.30. The first-order chi connectivity index (χ1) is 5.18. The number of hydrogen-bond acceptors (Lipinski definition) is 1. The van der Waals surface area contributed by atoms with Gasteiger partial charge in [-0.3, -0.25) is 0 Å². The number of benzene rings is 1. The smallest absolute Gasteiger partial charge is 0.0227 e. The fourth-order valence-electron chi connectivity index (χ4n) is 0.955. The maximum atomic E-state index is 2.32. The van der Waals surface area contributed by atoms with Gasteiger partial charge in [-0.05, 0) is 54.4 Å². The van der Waals surface area contributed by atoms with Gasteiger partial charge in [0.15, 0.2) is 0 Å². The molecule has 0 fully saturated rings. The normalized spacial score (nSPS) is 10.5. The van der Waals surface area contributed by atoms with Crippen LogP contribution in [-0.2, 0) is 6.54 Å². The van der Waals surface area contributed by atoms with Crippen molar-refractivity contribution in [2.24, 2.45) is 0 Å².